The van der Waals surface area contributed by atoms with Crippen LogP contribution in [0.2, 0.25) is 0 Å². The van der Waals surface area contributed by atoms with E-state index in [4.69, 9.17) is 0 Å². The van der Waals surface area contributed by atoms with Crippen molar-refractivity contribution in [3.8, 4) is 0 Å². The Balaban J connectivity index is 2.12. The number of hydrogen-bond donors (Lipinski definition) is 2. The van der Waals surface area contributed by atoms with Crippen LogP contribution in [0.25, 0.3) is 0 Å². The maximum absolute atomic E-state index is 11.8. The molecule has 0 amide bonds. The lowest BCUT2D eigenvalue weighted by Crippen LogP contribution is -2.32. The van der Waals surface area contributed by atoms with E-state index in [9.17, 15) is 8.42 Å². The Morgan fingerprint density at radius 2 is 1.95 bits per heavy atom. The molecule has 1 atom stereocenters. The molecule has 0 aliphatic heterocycles. The van der Waals surface area contributed by atoms with Gasteiger partial charge in [0.1, 0.15) is 0 Å². The molecule has 1 saturated carbocycles. The van der Waals surface area contributed by atoms with Crippen molar-refractivity contribution in [1.82, 2.24) is 10.0 Å². The number of rotatable bonds is 12. The second-order valence-electron chi connectivity index (χ2n) is 5.67. The summed E-state index contributed by atoms with van der Waals surface area (Å²) in [6, 6.07) is 0.661. The topological polar surface area (TPSA) is 58.2 Å². The zero-order valence-electron chi connectivity index (χ0n) is 12.5. The molecule has 0 aromatic carbocycles. The lowest BCUT2D eigenvalue weighted by atomic mass is 10.00. The van der Waals surface area contributed by atoms with E-state index < -0.39 is 10.0 Å². The average molecular weight is 290 g/mol. The highest BCUT2D eigenvalue weighted by Crippen LogP contribution is 2.18. The summed E-state index contributed by atoms with van der Waals surface area (Å²) in [5.74, 6) is 0.732. The molecule has 5 heteroatoms. The van der Waals surface area contributed by atoms with E-state index in [-0.39, 0.29) is 5.75 Å². The zero-order chi connectivity index (χ0) is 14.1. The quantitative estimate of drug-likeness (QED) is 0.542. The fraction of sp³-hybridized carbons (Fsp3) is 1.00. The highest BCUT2D eigenvalue weighted by molar-refractivity contribution is 7.89. The summed E-state index contributed by atoms with van der Waals surface area (Å²) >= 11 is 0. The highest BCUT2D eigenvalue weighted by atomic mass is 32.2. The van der Waals surface area contributed by atoms with E-state index in [2.05, 4.69) is 23.9 Å². The third kappa shape index (κ3) is 8.60. The first-order valence-corrected chi connectivity index (χ1v) is 9.43. The molecule has 0 saturated heterocycles. The van der Waals surface area contributed by atoms with Crippen molar-refractivity contribution in [1.29, 1.82) is 0 Å². The van der Waals surface area contributed by atoms with Gasteiger partial charge in [-0.2, -0.15) is 0 Å². The van der Waals surface area contributed by atoms with Gasteiger partial charge in [-0.3, -0.25) is 0 Å². The monoisotopic (exact) mass is 290 g/mol. The molecule has 1 unspecified atom stereocenters. The Bertz CT molecular complexity index is 326. The molecule has 1 aliphatic rings. The standard InChI is InChI=1S/C14H30N2O2S/c1-3-5-7-13(4-2)12-16-19(17,18)11-6-10-15-14-8-9-14/h13-16H,3-12H2,1-2H3. The normalized spacial score (nSPS) is 17.6. The Morgan fingerprint density at radius 1 is 1.21 bits per heavy atom. The average Bonchev–Trinajstić information content (AvgIpc) is 3.19. The van der Waals surface area contributed by atoms with Crippen LogP contribution in [-0.2, 0) is 10.0 Å². The number of hydrogen-bond acceptors (Lipinski definition) is 3. The number of nitrogens with one attached hydrogen (secondary N) is 2. The Labute approximate surface area is 118 Å². The second-order valence-corrected chi connectivity index (χ2v) is 7.59. The van der Waals surface area contributed by atoms with Gasteiger partial charge in [0.25, 0.3) is 0 Å². The van der Waals surface area contributed by atoms with Crippen LogP contribution in [-0.4, -0.2) is 33.3 Å². The maximum atomic E-state index is 11.8. The van der Waals surface area contributed by atoms with Gasteiger partial charge in [0.15, 0.2) is 0 Å². The minimum absolute atomic E-state index is 0.247. The maximum Gasteiger partial charge on any atom is 0.211 e. The van der Waals surface area contributed by atoms with E-state index in [0.29, 0.717) is 24.9 Å². The zero-order valence-corrected chi connectivity index (χ0v) is 13.3. The molecular weight excluding hydrogens is 260 g/mol. The molecule has 0 radical (unpaired) electrons. The van der Waals surface area contributed by atoms with Gasteiger partial charge in [-0.25, -0.2) is 13.1 Å². The van der Waals surface area contributed by atoms with Crippen molar-refractivity contribution < 1.29 is 8.42 Å². The van der Waals surface area contributed by atoms with Gasteiger partial charge in [-0.15, -0.1) is 0 Å². The molecule has 19 heavy (non-hydrogen) atoms. The third-order valence-corrected chi connectivity index (χ3v) is 5.17. The molecule has 4 nitrogen and oxygen atoms in total. The molecule has 0 heterocycles. The molecule has 0 spiro atoms. The Hall–Kier alpha value is -0.130. The van der Waals surface area contributed by atoms with Crippen molar-refractivity contribution >= 4 is 10.0 Å². The van der Waals surface area contributed by atoms with E-state index >= 15 is 0 Å². The first-order valence-electron chi connectivity index (χ1n) is 7.78. The fourth-order valence-corrected chi connectivity index (χ4v) is 3.27. The summed E-state index contributed by atoms with van der Waals surface area (Å²) in [7, 11) is -3.08. The van der Waals surface area contributed by atoms with Gasteiger partial charge in [0.05, 0.1) is 5.75 Å². The molecule has 1 fully saturated rings. The largest absolute Gasteiger partial charge is 0.314 e. The molecule has 1 rings (SSSR count). The Morgan fingerprint density at radius 3 is 2.53 bits per heavy atom. The summed E-state index contributed by atoms with van der Waals surface area (Å²) < 4.78 is 26.5. The summed E-state index contributed by atoms with van der Waals surface area (Å²) in [4.78, 5) is 0. The lowest BCUT2D eigenvalue weighted by molar-refractivity contribution is 0.443. The van der Waals surface area contributed by atoms with Crippen LogP contribution in [0.3, 0.4) is 0 Å². The third-order valence-electron chi connectivity index (χ3n) is 3.74. The predicted octanol–water partition coefficient (Wildman–Crippen LogP) is 2.26. The van der Waals surface area contributed by atoms with Gasteiger partial charge in [0, 0.05) is 12.6 Å². The summed E-state index contributed by atoms with van der Waals surface area (Å²) in [6.45, 7) is 5.73. The molecule has 0 aromatic rings. The van der Waals surface area contributed by atoms with Crippen molar-refractivity contribution in [3.05, 3.63) is 0 Å². The Kier molecular flexibility index (Phi) is 7.95. The van der Waals surface area contributed by atoms with Crippen LogP contribution < -0.4 is 10.0 Å². The smallest absolute Gasteiger partial charge is 0.211 e. The lowest BCUT2D eigenvalue weighted by Gasteiger charge is -2.15. The van der Waals surface area contributed by atoms with E-state index in [1.165, 1.54) is 25.7 Å². The van der Waals surface area contributed by atoms with Crippen LogP contribution in [0, 0.1) is 5.92 Å². The van der Waals surface area contributed by atoms with Crippen LogP contribution in [0.4, 0.5) is 0 Å². The molecule has 114 valence electrons. The van der Waals surface area contributed by atoms with Crippen LogP contribution in [0.1, 0.15) is 58.8 Å². The molecule has 2 N–H and O–H groups in total. The first kappa shape index (κ1) is 16.9. The van der Waals surface area contributed by atoms with Gasteiger partial charge in [0.2, 0.25) is 10.0 Å². The second kappa shape index (κ2) is 8.93. The van der Waals surface area contributed by atoms with Gasteiger partial charge in [-0.05, 0) is 38.1 Å². The summed E-state index contributed by atoms with van der Waals surface area (Å²) in [6.07, 6.45) is 7.74. The van der Waals surface area contributed by atoms with Gasteiger partial charge >= 0.3 is 0 Å². The van der Waals surface area contributed by atoms with Gasteiger partial charge < -0.3 is 5.32 Å². The number of unbranched alkanes of at least 4 members (excludes halogenated alkanes) is 1. The molecule has 0 aromatic heterocycles. The van der Waals surface area contributed by atoms with Crippen LogP contribution >= 0.6 is 0 Å². The number of sulfonamides is 1. The van der Waals surface area contributed by atoms with E-state index in [1.54, 1.807) is 0 Å². The van der Waals surface area contributed by atoms with E-state index in [1.807, 2.05) is 0 Å². The minimum atomic E-state index is -3.08. The van der Waals surface area contributed by atoms with Gasteiger partial charge in [-0.1, -0.05) is 33.1 Å². The van der Waals surface area contributed by atoms with Crippen molar-refractivity contribution in [3.63, 3.8) is 0 Å². The molecular formula is C14H30N2O2S. The fourth-order valence-electron chi connectivity index (χ4n) is 2.12. The molecule has 0 bridgehead atoms. The van der Waals surface area contributed by atoms with Crippen molar-refractivity contribution in [2.75, 3.05) is 18.8 Å². The summed E-state index contributed by atoms with van der Waals surface area (Å²) in [5.41, 5.74) is 0. The first-order chi connectivity index (χ1) is 9.07. The summed E-state index contributed by atoms with van der Waals surface area (Å²) in [5, 5.41) is 3.34. The van der Waals surface area contributed by atoms with Crippen LogP contribution in [0.15, 0.2) is 0 Å². The SMILES string of the molecule is CCCCC(CC)CNS(=O)(=O)CCCNC1CC1. The highest BCUT2D eigenvalue weighted by Gasteiger charge is 2.20. The minimum Gasteiger partial charge on any atom is -0.314 e. The van der Waals surface area contributed by atoms with E-state index in [0.717, 1.165) is 19.4 Å². The molecule has 1 aliphatic carbocycles. The van der Waals surface area contributed by atoms with Crippen molar-refractivity contribution in [2.45, 2.75) is 64.8 Å². The van der Waals surface area contributed by atoms with Crippen LogP contribution in [0.5, 0.6) is 0 Å². The van der Waals surface area contributed by atoms with Crippen molar-refractivity contribution in [2.24, 2.45) is 5.92 Å². The predicted molar refractivity (Wildman–Crippen MR) is 80.7 cm³/mol.